The van der Waals surface area contributed by atoms with E-state index in [0.29, 0.717) is 11.3 Å². The van der Waals surface area contributed by atoms with Crippen LogP contribution in [0, 0.1) is 27.4 Å². The number of anilines is 1. The van der Waals surface area contributed by atoms with Gasteiger partial charge in [0.25, 0.3) is 15.7 Å². The Balaban J connectivity index is 2.17. The third kappa shape index (κ3) is 5.29. The van der Waals surface area contributed by atoms with Crippen molar-refractivity contribution in [2.45, 2.75) is 25.7 Å². The smallest absolute Gasteiger partial charge is 0.270 e. The van der Waals surface area contributed by atoms with E-state index in [1.807, 2.05) is 20.8 Å². The number of aromatic nitrogens is 2. The van der Waals surface area contributed by atoms with Gasteiger partial charge in [-0.2, -0.15) is 5.10 Å². The zero-order valence-corrected chi connectivity index (χ0v) is 18.4. The van der Waals surface area contributed by atoms with Crippen LogP contribution in [0.2, 0.25) is 0 Å². The standard InChI is InChI=1S/C22H22N4O4S/c1-22(2,3)13-12-16-15-25(4)23-21(16)19-14-17(26(27)28)10-11-20(19)24-31(29,30)18-8-6-5-7-9-18/h5-11,14-15,24H,1-4H3. The fourth-order valence-corrected chi connectivity index (χ4v) is 3.87. The second kappa shape index (κ2) is 8.24. The zero-order chi connectivity index (χ0) is 22.8. The molecule has 3 aromatic rings. The lowest BCUT2D eigenvalue weighted by Crippen LogP contribution is -2.13. The molecule has 0 aliphatic heterocycles. The van der Waals surface area contributed by atoms with Crippen LogP contribution in [-0.4, -0.2) is 23.1 Å². The highest BCUT2D eigenvalue weighted by molar-refractivity contribution is 7.92. The summed E-state index contributed by atoms with van der Waals surface area (Å²) in [5.74, 6) is 6.18. The van der Waals surface area contributed by atoms with Gasteiger partial charge in [0.15, 0.2) is 0 Å². The number of nitro benzene ring substituents is 1. The molecule has 1 aromatic heterocycles. The average Bonchev–Trinajstić information content (AvgIpc) is 3.07. The Labute approximate surface area is 181 Å². The van der Waals surface area contributed by atoms with Crippen molar-refractivity contribution in [2.24, 2.45) is 12.5 Å². The van der Waals surface area contributed by atoms with Gasteiger partial charge in [-0.3, -0.25) is 19.5 Å². The van der Waals surface area contributed by atoms with E-state index in [1.165, 1.54) is 35.0 Å². The van der Waals surface area contributed by atoms with Crippen LogP contribution in [0.1, 0.15) is 26.3 Å². The van der Waals surface area contributed by atoms with Crippen molar-refractivity contribution in [3.8, 4) is 23.1 Å². The predicted molar refractivity (Wildman–Crippen MR) is 119 cm³/mol. The molecule has 0 radical (unpaired) electrons. The summed E-state index contributed by atoms with van der Waals surface area (Å²) in [4.78, 5) is 10.9. The molecule has 0 saturated heterocycles. The second-order valence-electron chi connectivity index (χ2n) is 7.97. The molecule has 1 heterocycles. The Morgan fingerprint density at radius 1 is 1.13 bits per heavy atom. The number of benzene rings is 2. The first kappa shape index (κ1) is 22.1. The van der Waals surface area contributed by atoms with Crippen molar-refractivity contribution in [1.82, 2.24) is 9.78 Å². The molecule has 0 aliphatic rings. The summed E-state index contributed by atoms with van der Waals surface area (Å²) in [5.41, 5.74) is 0.886. The van der Waals surface area contributed by atoms with Gasteiger partial charge in [0.2, 0.25) is 0 Å². The number of nitrogens with zero attached hydrogens (tertiary/aromatic N) is 3. The fraction of sp³-hybridized carbons (Fsp3) is 0.227. The molecule has 31 heavy (non-hydrogen) atoms. The second-order valence-corrected chi connectivity index (χ2v) is 9.65. The molecule has 2 aromatic carbocycles. The molecule has 8 nitrogen and oxygen atoms in total. The van der Waals surface area contributed by atoms with E-state index in [2.05, 4.69) is 21.7 Å². The van der Waals surface area contributed by atoms with Crippen LogP contribution in [0.15, 0.2) is 59.6 Å². The average molecular weight is 439 g/mol. The predicted octanol–water partition coefficient (Wildman–Crippen LogP) is 4.19. The normalized spacial score (nSPS) is 11.5. The van der Waals surface area contributed by atoms with Gasteiger partial charge in [0.05, 0.1) is 21.1 Å². The Bertz CT molecular complexity index is 1290. The van der Waals surface area contributed by atoms with Gasteiger partial charge in [-0.1, -0.05) is 30.0 Å². The molecule has 160 valence electrons. The summed E-state index contributed by atoms with van der Waals surface area (Å²) in [6.07, 6.45) is 1.70. The van der Waals surface area contributed by atoms with Crippen LogP contribution in [0.4, 0.5) is 11.4 Å². The Kier molecular flexibility index (Phi) is 5.86. The minimum Gasteiger partial charge on any atom is -0.279 e. The third-order valence-electron chi connectivity index (χ3n) is 4.17. The van der Waals surface area contributed by atoms with E-state index in [0.717, 1.165) is 0 Å². The maximum atomic E-state index is 12.9. The molecule has 0 unspecified atom stereocenters. The maximum absolute atomic E-state index is 12.9. The minimum atomic E-state index is -3.91. The molecular formula is C22H22N4O4S. The molecule has 0 saturated carbocycles. The highest BCUT2D eigenvalue weighted by atomic mass is 32.2. The van der Waals surface area contributed by atoms with Gasteiger partial charge >= 0.3 is 0 Å². The lowest BCUT2D eigenvalue weighted by molar-refractivity contribution is -0.384. The van der Waals surface area contributed by atoms with E-state index in [9.17, 15) is 18.5 Å². The van der Waals surface area contributed by atoms with Gasteiger partial charge < -0.3 is 0 Å². The van der Waals surface area contributed by atoms with Crippen LogP contribution >= 0.6 is 0 Å². The largest absolute Gasteiger partial charge is 0.279 e. The summed E-state index contributed by atoms with van der Waals surface area (Å²) >= 11 is 0. The van der Waals surface area contributed by atoms with Crippen molar-refractivity contribution in [1.29, 1.82) is 0 Å². The van der Waals surface area contributed by atoms with Crippen molar-refractivity contribution < 1.29 is 13.3 Å². The molecule has 0 spiro atoms. The molecular weight excluding hydrogens is 416 g/mol. The Hall–Kier alpha value is -3.64. The zero-order valence-electron chi connectivity index (χ0n) is 17.6. The Morgan fingerprint density at radius 3 is 2.42 bits per heavy atom. The number of non-ortho nitro benzene ring substituents is 1. The molecule has 0 fully saturated rings. The van der Waals surface area contributed by atoms with Crippen LogP contribution in [0.5, 0.6) is 0 Å². The third-order valence-corrected chi connectivity index (χ3v) is 5.55. The van der Waals surface area contributed by atoms with Crippen LogP contribution in [-0.2, 0) is 17.1 Å². The minimum absolute atomic E-state index is 0.0769. The van der Waals surface area contributed by atoms with Crippen LogP contribution < -0.4 is 4.72 Å². The summed E-state index contributed by atoms with van der Waals surface area (Å²) in [5, 5.41) is 15.8. The van der Waals surface area contributed by atoms with E-state index < -0.39 is 14.9 Å². The van der Waals surface area contributed by atoms with Crippen molar-refractivity contribution in [2.75, 3.05) is 4.72 Å². The summed E-state index contributed by atoms with van der Waals surface area (Å²) < 4.78 is 29.8. The van der Waals surface area contributed by atoms with E-state index in [1.54, 1.807) is 31.4 Å². The lowest BCUT2D eigenvalue weighted by atomic mass is 9.97. The van der Waals surface area contributed by atoms with E-state index >= 15 is 0 Å². The molecule has 0 amide bonds. The number of sulfonamides is 1. The van der Waals surface area contributed by atoms with E-state index in [4.69, 9.17) is 0 Å². The summed E-state index contributed by atoms with van der Waals surface area (Å²) in [7, 11) is -2.20. The van der Waals surface area contributed by atoms with Gasteiger partial charge in [0, 0.05) is 36.4 Å². The molecule has 0 bridgehead atoms. The molecule has 0 atom stereocenters. The van der Waals surface area contributed by atoms with Crippen molar-refractivity contribution >= 4 is 21.4 Å². The van der Waals surface area contributed by atoms with Gasteiger partial charge in [0.1, 0.15) is 5.69 Å². The number of hydrogen-bond acceptors (Lipinski definition) is 5. The summed E-state index contributed by atoms with van der Waals surface area (Å²) in [6, 6.07) is 11.8. The molecule has 3 rings (SSSR count). The highest BCUT2D eigenvalue weighted by Crippen LogP contribution is 2.34. The fourth-order valence-electron chi connectivity index (χ4n) is 2.77. The first-order valence-corrected chi connectivity index (χ1v) is 10.9. The van der Waals surface area contributed by atoms with Crippen molar-refractivity contribution in [3.05, 3.63) is 70.4 Å². The van der Waals surface area contributed by atoms with Gasteiger partial charge in [-0.15, -0.1) is 0 Å². The SMILES string of the molecule is Cn1cc(C#CC(C)(C)C)c(-c2cc([N+](=O)[O-])ccc2NS(=O)(=O)c2ccccc2)n1. The molecule has 9 heteroatoms. The van der Waals surface area contributed by atoms with E-state index in [-0.39, 0.29) is 27.2 Å². The number of aryl methyl sites for hydroxylation is 1. The molecule has 1 N–H and O–H groups in total. The lowest BCUT2D eigenvalue weighted by Gasteiger charge is -2.12. The number of nitro groups is 1. The maximum Gasteiger partial charge on any atom is 0.270 e. The first-order chi connectivity index (χ1) is 14.5. The van der Waals surface area contributed by atoms with Gasteiger partial charge in [-0.05, 0) is 39.0 Å². The number of hydrogen-bond donors (Lipinski definition) is 1. The first-order valence-electron chi connectivity index (χ1n) is 9.40. The van der Waals surface area contributed by atoms with Crippen molar-refractivity contribution in [3.63, 3.8) is 0 Å². The topological polar surface area (TPSA) is 107 Å². The summed E-state index contributed by atoms with van der Waals surface area (Å²) in [6.45, 7) is 5.88. The number of nitrogens with one attached hydrogen (secondary N) is 1. The van der Waals surface area contributed by atoms with Crippen LogP contribution in [0.25, 0.3) is 11.3 Å². The molecule has 0 aliphatic carbocycles. The van der Waals surface area contributed by atoms with Gasteiger partial charge in [-0.25, -0.2) is 8.42 Å². The Morgan fingerprint density at radius 2 is 1.81 bits per heavy atom. The quantitative estimate of drug-likeness (QED) is 0.365. The monoisotopic (exact) mass is 438 g/mol. The highest BCUT2D eigenvalue weighted by Gasteiger charge is 2.22. The van der Waals surface area contributed by atoms with Crippen LogP contribution in [0.3, 0.4) is 0 Å². The number of rotatable bonds is 5.